The zero-order valence-electron chi connectivity index (χ0n) is 9.53. The van der Waals surface area contributed by atoms with Gasteiger partial charge in [-0.1, -0.05) is 21.3 Å². The minimum Gasteiger partial charge on any atom is -0.332 e. The molecule has 0 fully saturated rings. The maximum atomic E-state index is 10.7. The fourth-order valence-electron chi connectivity index (χ4n) is 0.129. The molecule has 1 atom stereocenters. The lowest BCUT2D eigenvalue weighted by Crippen LogP contribution is -1.82. The van der Waals surface area contributed by atoms with Crippen molar-refractivity contribution in [2.24, 2.45) is 0 Å². The quantitative estimate of drug-likeness (QED) is 0.709. The molecule has 90 valence electrons. The highest BCUT2D eigenvalue weighted by atomic mass is 31.2. The van der Waals surface area contributed by atoms with Crippen molar-refractivity contribution in [3.63, 3.8) is 0 Å². The van der Waals surface area contributed by atoms with Crippen molar-refractivity contribution < 1.29 is 13.7 Å². The fraction of sp³-hybridized carbons (Fsp3) is 1.00. The molecule has 0 N–H and O–H groups in total. The van der Waals surface area contributed by atoms with Crippen LogP contribution < -0.4 is 0 Å². The summed E-state index contributed by atoms with van der Waals surface area (Å²) >= 11 is 0. The van der Waals surface area contributed by atoms with Crippen LogP contribution in [-0.2, 0) is 13.7 Å². The normalized spacial score (nSPS) is 14.4. The van der Waals surface area contributed by atoms with E-state index in [0.29, 0.717) is 6.16 Å². The molecule has 0 aromatic heterocycles. The molecule has 0 saturated heterocycles. The van der Waals surface area contributed by atoms with Crippen LogP contribution in [0.5, 0.6) is 0 Å². The summed E-state index contributed by atoms with van der Waals surface area (Å²) in [7, 11) is -2.32. The van der Waals surface area contributed by atoms with E-state index in [-0.39, 0.29) is 7.43 Å². The highest BCUT2D eigenvalue weighted by Gasteiger charge is 2.07. The SMILES string of the molecule is C.CCP(C)(=O)OC.CCP(C)(C)=O. The van der Waals surface area contributed by atoms with E-state index in [1.807, 2.05) is 13.8 Å². The van der Waals surface area contributed by atoms with Crippen molar-refractivity contribution in [2.45, 2.75) is 21.3 Å². The largest absolute Gasteiger partial charge is 0.332 e. The molecule has 0 saturated carbocycles. The van der Waals surface area contributed by atoms with Crippen LogP contribution in [0, 0.1) is 0 Å². The van der Waals surface area contributed by atoms with Crippen LogP contribution in [0.25, 0.3) is 0 Å². The Morgan fingerprint density at radius 1 is 1.00 bits per heavy atom. The van der Waals surface area contributed by atoms with Gasteiger partial charge in [0, 0.05) is 19.9 Å². The molecule has 0 spiro atoms. The first-order valence-electron chi connectivity index (χ1n) is 4.34. The zero-order valence-corrected chi connectivity index (χ0v) is 11.3. The van der Waals surface area contributed by atoms with E-state index in [1.165, 1.54) is 7.11 Å². The van der Waals surface area contributed by atoms with Crippen molar-refractivity contribution in [1.82, 2.24) is 0 Å². The lowest BCUT2D eigenvalue weighted by Gasteiger charge is -2.04. The molecule has 0 bridgehead atoms. The summed E-state index contributed by atoms with van der Waals surface area (Å²) in [5.41, 5.74) is 0. The molecule has 5 heteroatoms. The van der Waals surface area contributed by atoms with Crippen molar-refractivity contribution >= 4 is 14.5 Å². The van der Waals surface area contributed by atoms with Gasteiger partial charge in [0.25, 0.3) is 0 Å². The Bertz CT molecular complexity index is 200. The molecule has 3 nitrogen and oxygen atoms in total. The average molecular weight is 244 g/mol. The maximum Gasteiger partial charge on any atom is 0.199 e. The molecule has 0 heterocycles. The van der Waals surface area contributed by atoms with E-state index in [1.54, 1.807) is 20.0 Å². The second-order valence-electron chi connectivity index (χ2n) is 3.40. The number of hydrogen-bond acceptors (Lipinski definition) is 3. The van der Waals surface area contributed by atoms with Crippen molar-refractivity contribution in [3.05, 3.63) is 0 Å². The van der Waals surface area contributed by atoms with Crippen molar-refractivity contribution in [2.75, 3.05) is 39.4 Å². The molecular weight excluding hydrogens is 218 g/mol. The number of hydrogen-bond donors (Lipinski definition) is 0. The van der Waals surface area contributed by atoms with Gasteiger partial charge >= 0.3 is 0 Å². The first-order valence-corrected chi connectivity index (χ1v) is 9.39. The molecule has 0 aromatic carbocycles. The topological polar surface area (TPSA) is 43.4 Å². The van der Waals surface area contributed by atoms with Gasteiger partial charge in [0.2, 0.25) is 0 Å². The second-order valence-corrected chi connectivity index (χ2v) is 10.2. The Morgan fingerprint density at radius 3 is 1.29 bits per heavy atom. The molecule has 14 heavy (non-hydrogen) atoms. The van der Waals surface area contributed by atoms with Crippen LogP contribution in [0.3, 0.4) is 0 Å². The van der Waals surface area contributed by atoms with E-state index in [0.717, 1.165) is 6.16 Å². The Balaban J connectivity index is -0.000000163. The van der Waals surface area contributed by atoms with Crippen LogP contribution >= 0.6 is 14.5 Å². The lowest BCUT2D eigenvalue weighted by atomic mass is 11.0. The third-order valence-corrected chi connectivity index (χ3v) is 5.17. The third kappa shape index (κ3) is 18.3. The van der Waals surface area contributed by atoms with Crippen LogP contribution in [-0.4, -0.2) is 39.4 Å². The Labute approximate surface area is 89.4 Å². The van der Waals surface area contributed by atoms with Gasteiger partial charge in [0.15, 0.2) is 7.37 Å². The van der Waals surface area contributed by atoms with E-state index < -0.39 is 14.5 Å². The Morgan fingerprint density at radius 2 is 1.29 bits per heavy atom. The number of rotatable bonds is 3. The van der Waals surface area contributed by atoms with Crippen LogP contribution in [0.2, 0.25) is 0 Å². The van der Waals surface area contributed by atoms with Crippen LogP contribution in [0.1, 0.15) is 21.3 Å². The second kappa shape index (κ2) is 8.71. The first kappa shape index (κ1) is 19.9. The van der Waals surface area contributed by atoms with Gasteiger partial charge in [0.1, 0.15) is 0 Å². The maximum absolute atomic E-state index is 10.7. The molecule has 0 rings (SSSR count). The summed E-state index contributed by atoms with van der Waals surface area (Å²) < 4.78 is 26.0. The van der Waals surface area contributed by atoms with Crippen molar-refractivity contribution in [1.29, 1.82) is 0 Å². The summed E-state index contributed by atoms with van der Waals surface area (Å²) in [6.07, 6.45) is 1.45. The molecular formula is C9H26O3P2. The zero-order chi connectivity index (χ0) is 11.1. The summed E-state index contributed by atoms with van der Waals surface area (Å²) in [5, 5.41) is 0. The van der Waals surface area contributed by atoms with Crippen LogP contribution in [0.15, 0.2) is 0 Å². The van der Waals surface area contributed by atoms with Gasteiger partial charge in [-0.25, -0.2) is 0 Å². The highest BCUT2D eigenvalue weighted by molar-refractivity contribution is 7.62. The van der Waals surface area contributed by atoms with E-state index in [4.69, 9.17) is 0 Å². The lowest BCUT2D eigenvalue weighted by molar-refractivity contribution is 0.400. The van der Waals surface area contributed by atoms with Gasteiger partial charge in [-0.15, -0.1) is 0 Å². The standard InChI is InChI=1S/C4H11O2P.C4H11OP.CH4/c1-4-7(3,5)6-2;1-4-6(2,3)5;/h4H2,1-3H3;4H2,1-3H3;1H4. The molecule has 0 aromatic rings. The molecule has 0 amide bonds. The van der Waals surface area contributed by atoms with E-state index >= 15 is 0 Å². The predicted octanol–water partition coefficient (Wildman–Crippen LogP) is 3.83. The Kier molecular flexibility index (Phi) is 12.4. The monoisotopic (exact) mass is 244 g/mol. The first-order chi connectivity index (χ1) is 5.68. The van der Waals surface area contributed by atoms with Crippen LogP contribution in [0.4, 0.5) is 0 Å². The molecule has 1 unspecified atom stereocenters. The van der Waals surface area contributed by atoms with E-state index in [2.05, 4.69) is 4.52 Å². The minimum absolute atomic E-state index is 0. The van der Waals surface area contributed by atoms with Gasteiger partial charge in [-0.2, -0.15) is 0 Å². The summed E-state index contributed by atoms with van der Waals surface area (Å²) in [6, 6.07) is 0. The van der Waals surface area contributed by atoms with Gasteiger partial charge in [-0.05, 0) is 19.5 Å². The van der Waals surface area contributed by atoms with Gasteiger partial charge in [-0.3, -0.25) is 4.57 Å². The highest BCUT2D eigenvalue weighted by Crippen LogP contribution is 2.39. The average Bonchev–Trinajstić information content (AvgIpc) is 2.04. The minimum atomic E-state index is -2.15. The molecule has 0 aliphatic rings. The van der Waals surface area contributed by atoms with Gasteiger partial charge in [0.05, 0.1) is 7.14 Å². The third-order valence-electron chi connectivity index (χ3n) is 1.72. The summed E-state index contributed by atoms with van der Waals surface area (Å²) in [4.78, 5) is 0. The summed E-state index contributed by atoms with van der Waals surface area (Å²) in [5.74, 6) is 0. The Hall–Kier alpha value is 0.420. The van der Waals surface area contributed by atoms with E-state index in [9.17, 15) is 9.13 Å². The molecule has 0 aliphatic heterocycles. The molecule has 0 aliphatic carbocycles. The van der Waals surface area contributed by atoms with Gasteiger partial charge < -0.3 is 9.09 Å². The fourth-order valence-corrected chi connectivity index (χ4v) is 0.387. The van der Waals surface area contributed by atoms with Crippen molar-refractivity contribution in [3.8, 4) is 0 Å². The smallest absolute Gasteiger partial charge is 0.199 e. The predicted molar refractivity (Wildman–Crippen MR) is 67.8 cm³/mol. The summed E-state index contributed by atoms with van der Waals surface area (Å²) in [6.45, 7) is 9.03. The molecule has 0 radical (unpaired) electrons.